The van der Waals surface area contributed by atoms with Crippen LogP contribution in [0.4, 0.5) is 0 Å². The molecule has 2 atom stereocenters. The lowest BCUT2D eigenvalue weighted by Crippen LogP contribution is -2.18. The second-order valence-electron chi connectivity index (χ2n) is 3.19. The number of aliphatic hydroxyl groups excluding tert-OH is 2. The van der Waals surface area contributed by atoms with Gasteiger partial charge in [-0.05, 0) is 19.1 Å². The SMILES string of the molecule is CCOC(=O)c1cccc(C(O)C(O)C#N)n1. The fourth-order valence-electron chi connectivity index (χ4n) is 1.17. The van der Waals surface area contributed by atoms with Crippen molar-refractivity contribution in [3.05, 3.63) is 29.6 Å². The highest BCUT2D eigenvalue weighted by molar-refractivity contribution is 5.87. The summed E-state index contributed by atoms with van der Waals surface area (Å²) in [6, 6.07) is 5.81. The molecule has 1 rings (SSSR count). The van der Waals surface area contributed by atoms with Crippen LogP contribution in [0.3, 0.4) is 0 Å². The Morgan fingerprint density at radius 2 is 2.29 bits per heavy atom. The summed E-state index contributed by atoms with van der Waals surface area (Å²) >= 11 is 0. The van der Waals surface area contributed by atoms with E-state index in [4.69, 9.17) is 15.1 Å². The summed E-state index contributed by atoms with van der Waals surface area (Å²) in [6.45, 7) is 1.88. The van der Waals surface area contributed by atoms with Crippen LogP contribution in [-0.2, 0) is 4.74 Å². The normalized spacial score (nSPS) is 13.5. The van der Waals surface area contributed by atoms with E-state index in [9.17, 15) is 9.90 Å². The molecule has 2 N–H and O–H groups in total. The topological polar surface area (TPSA) is 103 Å². The lowest BCUT2D eigenvalue weighted by atomic mass is 10.1. The third-order valence-corrected chi connectivity index (χ3v) is 1.99. The molecule has 0 radical (unpaired) electrons. The average Bonchev–Trinajstić information content (AvgIpc) is 2.37. The zero-order chi connectivity index (χ0) is 12.8. The smallest absolute Gasteiger partial charge is 0.356 e. The Hall–Kier alpha value is -1.97. The molecular weight excluding hydrogens is 224 g/mol. The van der Waals surface area contributed by atoms with Crippen LogP contribution in [0.1, 0.15) is 29.2 Å². The zero-order valence-electron chi connectivity index (χ0n) is 9.20. The standard InChI is InChI=1S/C11H12N2O4/c1-2-17-11(16)8-5-3-4-7(13-8)10(15)9(14)6-12/h3-5,9-10,14-15H,2H2,1H3. The molecule has 90 valence electrons. The summed E-state index contributed by atoms with van der Waals surface area (Å²) in [6.07, 6.45) is -3.03. The molecule has 1 aromatic rings. The molecule has 0 saturated carbocycles. The summed E-state index contributed by atoms with van der Waals surface area (Å²) in [5.74, 6) is -0.618. The number of nitriles is 1. The van der Waals surface area contributed by atoms with Crippen molar-refractivity contribution in [1.82, 2.24) is 4.98 Å². The maximum Gasteiger partial charge on any atom is 0.356 e. The lowest BCUT2D eigenvalue weighted by Gasteiger charge is -2.11. The summed E-state index contributed by atoms with van der Waals surface area (Å²) in [5.41, 5.74) is 0.0677. The first-order valence-electron chi connectivity index (χ1n) is 5.00. The van der Waals surface area contributed by atoms with Gasteiger partial charge < -0.3 is 14.9 Å². The third-order valence-electron chi connectivity index (χ3n) is 1.99. The highest BCUT2D eigenvalue weighted by Crippen LogP contribution is 2.14. The highest BCUT2D eigenvalue weighted by Gasteiger charge is 2.20. The minimum Gasteiger partial charge on any atom is -0.461 e. The fourth-order valence-corrected chi connectivity index (χ4v) is 1.17. The van der Waals surface area contributed by atoms with E-state index in [1.165, 1.54) is 24.3 Å². The summed E-state index contributed by atoms with van der Waals surface area (Å²) in [4.78, 5) is 15.2. The molecule has 6 heteroatoms. The molecule has 2 unspecified atom stereocenters. The predicted molar refractivity (Wildman–Crippen MR) is 56.8 cm³/mol. The molecule has 1 heterocycles. The molecule has 0 spiro atoms. The number of carbonyl (C=O) groups excluding carboxylic acids is 1. The second kappa shape index (κ2) is 5.94. The van der Waals surface area contributed by atoms with Gasteiger partial charge in [-0.3, -0.25) is 0 Å². The summed E-state index contributed by atoms with van der Waals surface area (Å²) in [5, 5.41) is 27.1. The van der Waals surface area contributed by atoms with E-state index in [0.717, 1.165) is 0 Å². The Morgan fingerprint density at radius 3 is 2.88 bits per heavy atom. The maximum absolute atomic E-state index is 11.4. The minimum atomic E-state index is -1.58. The number of aliphatic hydroxyl groups is 2. The Labute approximate surface area is 98.1 Å². The van der Waals surface area contributed by atoms with Crippen molar-refractivity contribution in [2.45, 2.75) is 19.1 Å². The van der Waals surface area contributed by atoms with Gasteiger partial charge in [-0.15, -0.1) is 0 Å². The minimum absolute atomic E-state index is 0.0218. The van der Waals surface area contributed by atoms with Crippen LogP contribution in [0, 0.1) is 11.3 Å². The van der Waals surface area contributed by atoms with E-state index >= 15 is 0 Å². The quantitative estimate of drug-likeness (QED) is 0.570. The van der Waals surface area contributed by atoms with E-state index in [-0.39, 0.29) is 18.0 Å². The number of aromatic nitrogens is 1. The Morgan fingerprint density at radius 1 is 1.59 bits per heavy atom. The van der Waals surface area contributed by atoms with E-state index in [1.807, 2.05) is 0 Å². The van der Waals surface area contributed by atoms with Crippen LogP contribution in [0.25, 0.3) is 0 Å². The highest BCUT2D eigenvalue weighted by atomic mass is 16.5. The first-order chi connectivity index (χ1) is 8.10. The van der Waals surface area contributed by atoms with Crippen LogP contribution in [0.5, 0.6) is 0 Å². The average molecular weight is 236 g/mol. The largest absolute Gasteiger partial charge is 0.461 e. The van der Waals surface area contributed by atoms with E-state index < -0.39 is 18.2 Å². The van der Waals surface area contributed by atoms with Gasteiger partial charge in [0.25, 0.3) is 0 Å². The second-order valence-corrected chi connectivity index (χ2v) is 3.19. The first kappa shape index (κ1) is 13.1. The first-order valence-corrected chi connectivity index (χ1v) is 5.00. The summed E-state index contributed by atoms with van der Waals surface area (Å²) in [7, 11) is 0. The van der Waals surface area contributed by atoms with Crippen LogP contribution in [0.2, 0.25) is 0 Å². The van der Waals surface area contributed by atoms with E-state index in [2.05, 4.69) is 4.98 Å². The Bertz CT molecular complexity index is 441. The zero-order valence-corrected chi connectivity index (χ0v) is 9.20. The van der Waals surface area contributed by atoms with Crippen molar-refractivity contribution in [3.63, 3.8) is 0 Å². The Balaban J connectivity index is 2.94. The number of hydrogen-bond acceptors (Lipinski definition) is 6. The fraction of sp³-hybridized carbons (Fsp3) is 0.364. The number of nitrogens with zero attached hydrogens (tertiary/aromatic N) is 2. The van der Waals surface area contributed by atoms with Crippen molar-refractivity contribution in [1.29, 1.82) is 5.26 Å². The molecule has 0 fully saturated rings. The number of rotatable bonds is 4. The van der Waals surface area contributed by atoms with Gasteiger partial charge in [-0.2, -0.15) is 5.26 Å². The van der Waals surface area contributed by atoms with Crippen molar-refractivity contribution >= 4 is 5.97 Å². The van der Waals surface area contributed by atoms with Crippen molar-refractivity contribution < 1.29 is 19.7 Å². The van der Waals surface area contributed by atoms with Crippen molar-refractivity contribution in [3.8, 4) is 6.07 Å². The van der Waals surface area contributed by atoms with Gasteiger partial charge >= 0.3 is 5.97 Å². The molecular formula is C11H12N2O4. The number of pyridine rings is 1. The van der Waals surface area contributed by atoms with Gasteiger partial charge in [0.2, 0.25) is 0 Å². The van der Waals surface area contributed by atoms with Gasteiger partial charge in [-0.1, -0.05) is 6.07 Å². The molecule has 6 nitrogen and oxygen atoms in total. The van der Waals surface area contributed by atoms with Gasteiger partial charge in [-0.25, -0.2) is 9.78 Å². The third kappa shape index (κ3) is 3.24. The van der Waals surface area contributed by atoms with Crippen LogP contribution in [-0.4, -0.2) is 33.9 Å². The molecule has 0 saturated heterocycles. The predicted octanol–water partition coefficient (Wildman–Crippen LogP) is 0.176. The number of esters is 1. The monoisotopic (exact) mass is 236 g/mol. The van der Waals surface area contributed by atoms with Crippen molar-refractivity contribution in [2.24, 2.45) is 0 Å². The molecule has 17 heavy (non-hydrogen) atoms. The molecule has 0 aliphatic heterocycles. The van der Waals surface area contributed by atoms with Gasteiger partial charge in [0, 0.05) is 0 Å². The molecule has 0 aliphatic rings. The van der Waals surface area contributed by atoms with Crippen molar-refractivity contribution in [2.75, 3.05) is 6.61 Å². The molecule has 0 bridgehead atoms. The molecule has 0 aromatic carbocycles. The van der Waals surface area contributed by atoms with Gasteiger partial charge in [0.05, 0.1) is 18.4 Å². The maximum atomic E-state index is 11.4. The molecule has 1 aromatic heterocycles. The van der Waals surface area contributed by atoms with Crippen LogP contribution >= 0.6 is 0 Å². The lowest BCUT2D eigenvalue weighted by molar-refractivity contribution is 0.0471. The summed E-state index contributed by atoms with van der Waals surface area (Å²) < 4.78 is 4.74. The number of ether oxygens (including phenoxy) is 1. The van der Waals surface area contributed by atoms with Crippen LogP contribution in [0.15, 0.2) is 18.2 Å². The van der Waals surface area contributed by atoms with E-state index in [1.54, 1.807) is 6.92 Å². The Kier molecular flexibility index (Phi) is 4.57. The van der Waals surface area contributed by atoms with Gasteiger partial charge in [0.15, 0.2) is 6.10 Å². The van der Waals surface area contributed by atoms with Gasteiger partial charge in [0.1, 0.15) is 11.8 Å². The number of hydrogen-bond donors (Lipinski definition) is 2. The number of carbonyl (C=O) groups is 1. The van der Waals surface area contributed by atoms with Crippen LogP contribution < -0.4 is 0 Å². The molecule has 0 aliphatic carbocycles. The van der Waals surface area contributed by atoms with E-state index in [0.29, 0.717) is 0 Å². The molecule has 0 amide bonds.